The Morgan fingerprint density at radius 2 is 2.33 bits per heavy atom. The minimum Gasteiger partial charge on any atom is -0.324 e. The van der Waals surface area contributed by atoms with Gasteiger partial charge in [0, 0.05) is 31.7 Å². The third kappa shape index (κ3) is 3.90. The van der Waals surface area contributed by atoms with E-state index in [1.807, 2.05) is 4.57 Å². The number of benzene rings is 1. The molecule has 2 amide bonds. The van der Waals surface area contributed by atoms with E-state index in [9.17, 15) is 9.18 Å². The van der Waals surface area contributed by atoms with Crippen molar-refractivity contribution in [1.82, 2.24) is 19.7 Å². The highest BCUT2D eigenvalue weighted by Crippen LogP contribution is 2.21. The number of aryl methyl sites for hydroxylation is 1. The predicted octanol–water partition coefficient (Wildman–Crippen LogP) is 2.92. The number of halogens is 1. The zero-order chi connectivity index (χ0) is 16.9. The summed E-state index contributed by atoms with van der Waals surface area (Å²) in [6.45, 7) is 4.31. The Morgan fingerprint density at radius 3 is 3.12 bits per heavy atom. The molecule has 24 heavy (non-hydrogen) atoms. The molecule has 1 aromatic heterocycles. The van der Waals surface area contributed by atoms with Crippen LogP contribution in [0.5, 0.6) is 0 Å². The molecule has 1 unspecified atom stereocenters. The largest absolute Gasteiger partial charge is 0.324 e. The summed E-state index contributed by atoms with van der Waals surface area (Å²) in [6, 6.07) is 5.77. The van der Waals surface area contributed by atoms with Crippen molar-refractivity contribution in [3.8, 4) is 0 Å². The van der Waals surface area contributed by atoms with Crippen LogP contribution in [0.15, 0.2) is 30.6 Å². The third-order valence-electron chi connectivity index (χ3n) is 4.39. The van der Waals surface area contributed by atoms with Gasteiger partial charge in [-0.1, -0.05) is 6.07 Å². The van der Waals surface area contributed by atoms with E-state index in [0.29, 0.717) is 18.2 Å². The molecule has 2 heterocycles. The molecule has 1 N–H and O–H groups in total. The maximum absolute atomic E-state index is 13.2. The second-order valence-corrected chi connectivity index (χ2v) is 6.13. The van der Waals surface area contributed by atoms with E-state index in [4.69, 9.17) is 0 Å². The van der Waals surface area contributed by atoms with Gasteiger partial charge in [0.2, 0.25) is 0 Å². The van der Waals surface area contributed by atoms with Gasteiger partial charge in [-0.25, -0.2) is 9.18 Å². The molecule has 0 radical (unpaired) electrons. The lowest BCUT2D eigenvalue weighted by Gasteiger charge is -2.32. The molecule has 0 bridgehead atoms. The van der Waals surface area contributed by atoms with Crippen molar-refractivity contribution >= 4 is 11.7 Å². The molecule has 6 nitrogen and oxygen atoms in total. The fraction of sp³-hybridized carbons (Fsp3) is 0.471. The maximum atomic E-state index is 13.2. The molecule has 2 aromatic rings. The normalized spacial score (nSPS) is 17.8. The van der Waals surface area contributed by atoms with Crippen LogP contribution in [0, 0.1) is 11.7 Å². The Bertz CT molecular complexity index is 702. The van der Waals surface area contributed by atoms with Gasteiger partial charge in [-0.05, 0) is 43.9 Å². The van der Waals surface area contributed by atoms with Crippen molar-refractivity contribution < 1.29 is 9.18 Å². The maximum Gasteiger partial charge on any atom is 0.321 e. The Kier molecular flexibility index (Phi) is 5.08. The molecule has 1 aliphatic heterocycles. The second kappa shape index (κ2) is 7.42. The molecule has 1 aliphatic rings. The van der Waals surface area contributed by atoms with Gasteiger partial charge in [0.05, 0.1) is 0 Å². The zero-order valence-corrected chi connectivity index (χ0v) is 13.8. The highest BCUT2D eigenvalue weighted by molar-refractivity contribution is 5.89. The monoisotopic (exact) mass is 331 g/mol. The average molecular weight is 331 g/mol. The molecule has 128 valence electrons. The highest BCUT2D eigenvalue weighted by atomic mass is 19.1. The van der Waals surface area contributed by atoms with Crippen molar-refractivity contribution in [1.29, 1.82) is 0 Å². The number of hydrogen-bond donors (Lipinski definition) is 1. The summed E-state index contributed by atoms with van der Waals surface area (Å²) in [4.78, 5) is 14.2. The first-order valence-corrected chi connectivity index (χ1v) is 8.34. The molecular weight excluding hydrogens is 309 g/mol. The molecule has 1 atom stereocenters. The first-order chi connectivity index (χ1) is 11.7. The van der Waals surface area contributed by atoms with Crippen LogP contribution in [0.25, 0.3) is 0 Å². The quantitative estimate of drug-likeness (QED) is 0.937. The summed E-state index contributed by atoms with van der Waals surface area (Å²) in [5.74, 6) is 0.977. The van der Waals surface area contributed by atoms with Gasteiger partial charge in [-0.15, -0.1) is 10.2 Å². The van der Waals surface area contributed by atoms with E-state index in [2.05, 4.69) is 22.4 Å². The Balaban J connectivity index is 1.59. The molecule has 0 saturated carbocycles. The highest BCUT2D eigenvalue weighted by Gasteiger charge is 2.25. The van der Waals surface area contributed by atoms with Crippen LogP contribution < -0.4 is 5.32 Å². The summed E-state index contributed by atoms with van der Waals surface area (Å²) in [6.07, 6.45) is 4.59. The van der Waals surface area contributed by atoms with Crippen LogP contribution in [0.4, 0.5) is 14.9 Å². The summed E-state index contributed by atoms with van der Waals surface area (Å²) >= 11 is 0. The number of rotatable bonds is 4. The van der Waals surface area contributed by atoms with E-state index < -0.39 is 0 Å². The van der Waals surface area contributed by atoms with Gasteiger partial charge in [0.15, 0.2) is 0 Å². The van der Waals surface area contributed by atoms with Crippen LogP contribution in [0.2, 0.25) is 0 Å². The van der Waals surface area contributed by atoms with Crippen molar-refractivity contribution in [3.05, 3.63) is 42.2 Å². The van der Waals surface area contributed by atoms with Crippen molar-refractivity contribution in [2.75, 3.05) is 18.4 Å². The lowest BCUT2D eigenvalue weighted by Crippen LogP contribution is -2.43. The van der Waals surface area contributed by atoms with Crippen molar-refractivity contribution in [3.63, 3.8) is 0 Å². The number of aromatic nitrogens is 3. The molecule has 0 aliphatic carbocycles. The number of amides is 2. The van der Waals surface area contributed by atoms with Gasteiger partial charge in [0.1, 0.15) is 18.0 Å². The van der Waals surface area contributed by atoms with Crippen LogP contribution in [0.1, 0.15) is 25.6 Å². The first kappa shape index (κ1) is 16.4. The topological polar surface area (TPSA) is 63.1 Å². The number of nitrogens with one attached hydrogen (secondary N) is 1. The molecule has 1 aromatic carbocycles. The number of urea groups is 1. The number of likely N-dealkylation sites (tertiary alicyclic amines) is 1. The van der Waals surface area contributed by atoms with Crippen LogP contribution >= 0.6 is 0 Å². The smallest absolute Gasteiger partial charge is 0.321 e. The number of carbonyl (C=O) groups excluding carboxylic acids is 1. The number of nitrogens with zero attached hydrogens (tertiary/aromatic N) is 4. The number of anilines is 1. The molecule has 1 saturated heterocycles. The molecule has 1 fully saturated rings. The Labute approximate surface area is 140 Å². The fourth-order valence-electron chi connectivity index (χ4n) is 3.14. The summed E-state index contributed by atoms with van der Waals surface area (Å²) in [5, 5.41) is 10.9. The first-order valence-electron chi connectivity index (χ1n) is 8.34. The van der Waals surface area contributed by atoms with Crippen molar-refractivity contribution in [2.45, 2.75) is 32.7 Å². The number of piperidine rings is 1. The van der Waals surface area contributed by atoms with Gasteiger partial charge < -0.3 is 14.8 Å². The van der Waals surface area contributed by atoms with E-state index in [-0.39, 0.29) is 11.8 Å². The average Bonchev–Trinajstić information content (AvgIpc) is 3.02. The summed E-state index contributed by atoms with van der Waals surface area (Å²) in [7, 11) is 0. The lowest BCUT2D eigenvalue weighted by molar-refractivity contribution is 0.176. The SMILES string of the molecule is CCn1cnnc1CC1CCCN(C(=O)Nc2cccc(F)c2)C1. The van der Waals surface area contributed by atoms with Crippen LogP contribution in [-0.2, 0) is 13.0 Å². The Hall–Kier alpha value is -2.44. The van der Waals surface area contributed by atoms with Gasteiger partial charge in [-0.3, -0.25) is 0 Å². The molecule has 0 spiro atoms. The van der Waals surface area contributed by atoms with E-state index >= 15 is 0 Å². The molecular formula is C17H22FN5O. The minimum absolute atomic E-state index is 0.178. The van der Waals surface area contributed by atoms with Gasteiger partial charge in [0.25, 0.3) is 0 Å². The van der Waals surface area contributed by atoms with Crippen LogP contribution in [0.3, 0.4) is 0 Å². The van der Waals surface area contributed by atoms with Crippen LogP contribution in [-0.4, -0.2) is 38.8 Å². The predicted molar refractivity (Wildman–Crippen MR) is 89.1 cm³/mol. The number of carbonyl (C=O) groups is 1. The van der Waals surface area contributed by atoms with E-state index in [0.717, 1.165) is 38.2 Å². The number of hydrogen-bond acceptors (Lipinski definition) is 3. The fourth-order valence-corrected chi connectivity index (χ4v) is 3.14. The third-order valence-corrected chi connectivity index (χ3v) is 4.39. The van der Waals surface area contributed by atoms with Gasteiger partial charge in [-0.2, -0.15) is 0 Å². The summed E-state index contributed by atoms with van der Waals surface area (Å²) < 4.78 is 15.3. The minimum atomic E-state index is -0.358. The summed E-state index contributed by atoms with van der Waals surface area (Å²) in [5.41, 5.74) is 0.479. The second-order valence-electron chi connectivity index (χ2n) is 6.13. The van der Waals surface area contributed by atoms with E-state index in [1.54, 1.807) is 23.4 Å². The van der Waals surface area contributed by atoms with E-state index in [1.165, 1.54) is 12.1 Å². The zero-order valence-electron chi connectivity index (χ0n) is 13.8. The lowest BCUT2D eigenvalue weighted by atomic mass is 9.94. The van der Waals surface area contributed by atoms with Gasteiger partial charge >= 0.3 is 6.03 Å². The molecule has 3 rings (SSSR count). The standard InChI is InChI=1S/C17H22FN5O/c1-2-22-12-19-21-16(22)9-13-5-4-8-23(11-13)17(24)20-15-7-3-6-14(18)10-15/h3,6-7,10,12-13H,2,4-5,8-9,11H2,1H3,(H,20,24). The van der Waals surface area contributed by atoms with Crippen molar-refractivity contribution in [2.24, 2.45) is 5.92 Å². The Morgan fingerprint density at radius 1 is 1.46 bits per heavy atom. The molecule has 7 heteroatoms.